The van der Waals surface area contributed by atoms with Crippen LogP contribution in [0.3, 0.4) is 0 Å². The van der Waals surface area contributed by atoms with E-state index in [9.17, 15) is 26.7 Å². The number of carbonyl (C=O) groups is 1. The molecule has 1 atom stereocenters. The minimum atomic E-state index is -2.37. The fraction of sp³-hybridized carbons (Fsp3) is 0.158. The van der Waals surface area contributed by atoms with Crippen molar-refractivity contribution in [3.8, 4) is 11.5 Å². The van der Waals surface area contributed by atoms with Crippen molar-refractivity contribution >= 4 is 18.1 Å². The van der Waals surface area contributed by atoms with Crippen LogP contribution in [0.1, 0.15) is 21.7 Å². The fourth-order valence-electron chi connectivity index (χ4n) is 2.30. The number of nitrogens with zero attached hydrogens (tertiary/aromatic N) is 1. The molecule has 1 unspecified atom stereocenters. The van der Waals surface area contributed by atoms with Crippen molar-refractivity contribution in [2.24, 2.45) is 0 Å². The van der Waals surface area contributed by atoms with Crippen LogP contribution in [0.2, 0.25) is 0 Å². The highest BCUT2D eigenvalue weighted by Crippen LogP contribution is 2.31. The van der Waals surface area contributed by atoms with Gasteiger partial charge in [-0.3, -0.25) is 0 Å². The van der Waals surface area contributed by atoms with Crippen LogP contribution in [-0.2, 0) is 4.74 Å². The minimum absolute atomic E-state index is 0.116. The number of rotatable bonds is 7. The summed E-state index contributed by atoms with van der Waals surface area (Å²) in [4.78, 5) is 16.2. The van der Waals surface area contributed by atoms with Crippen LogP contribution in [-0.4, -0.2) is 30.3 Å². The van der Waals surface area contributed by atoms with E-state index in [-0.39, 0.29) is 24.2 Å². The summed E-state index contributed by atoms with van der Waals surface area (Å²) < 4.78 is 82.2. The molecule has 0 spiro atoms. The summed E-state index contributed by atoms with van der Waals surface area (Å²) in [5.41, 5.74) is -0.0202. The summed E-state index contributed by atoms with van der Waals surface area (Å²) in [5, 5.41) is 0. The first kappa shape index (κ1) is 20.5. The van der Waals surface area contributed by atoms with Crippen LogP contribution < -0.4 is 9.47 Å². The molecule has 29 heavy (non-hydrogen) atoms. The molecule has 0 aliphatic carbocycles. The molecule has 152 valence electrons. The van der Waals surface area contributed by atoms with E-state index in [0.717, 1.165) is 6.07 Å². The summed E-state index contributed by atoms with van der Waals surface area (Å²) in [7, 11) is 0. The van der Waals surface area contributed by atoms with Crippen LogP contribution in [0.15, 0.2) is 19.2 Å². The third kappa shape index (κ3) is 3.97. The van der Waals surface area contributed by atoms with Gasteiger partial charge in [0, 0.05) is 11.6 Å². The number of hydrogen-bond donors (Lipinski definition) is 0. The molecule has 0 N–H and O–H groups in total. The zero-order valence-electron chi connectivity index (χ0n) is 14.6. The smallest absolute Gasteiger partial charge is 0.362 e. The molecule has 5 nitrogen and oxygen atoms in total. The first-order valence-corrected chi connectivity index (χ1v) is 8.06. The van der Waals surface area contributed by atoms with Gasteiger partial charge in [-0.05, 0) is 6.08 Å². The van der Waals surface area contributed by atoms with Crippen LogP contribution >= 0.6 is 0 Å². The number of hydrogen-bond acceptors (Lipinski definition) is 5. The predicted octanol–water partition coefficient (Wildman–Crippen LogP) is 4.06. The van der Waals surface area contributed by atoms with E-state index >= 15 is 0 Å². The second kappa shape index (κ2) is 8.00. The summed E-state index contributed by atoms with van der Waals surface area (Å²) in [6.07, 6.45) is 2.51. The van der Waals surface area contributed by atoms with Gasteiger partial charge in [0.05, 0.1) is 12.3 Å². The maximum absolute atomic E-state index is 13.8. The number of benzene rings is 1. The Hall–Kier alpha value is -3.27. The molecule has 0 saturated carbocycles. The van der Waals surface area contributed by atoms with Gasteiger partial charge in [0.1, 0.15) is 18.5 Å². The van der Waals surface area contributed by atoms with Gasteiger partial charge in [-0.15, -0.1) is 0 Å². The van der Waals surface area contributed by atoms with E-state index in [1.807, 2.05) is 0 Å². The lowest BCUT2D eigenvalue weighted by Crippen LogP contribution is -2.16. The summed E-state index contributed by atoms with van der Waals surface area (Å²) in [5.74, 6) is -14.5. The molecule has 0 radical (unpaired) electrons. The largest absolute Gasteiger partial charge is 0.490 e. The van der Waals surface area contributed by atoms with Crippen LogP contribution in [0, 0.1) is 29.1 Å². The molecular weight excluding hydrogens is 401 g/mol. The Kier molecular flexibility index (Phi) is 5.64. The lowest BCUT2D eigenvalue weighted by molar-refractivity contribution is 0.0709. The van der Waals surface area contributed by atoms with Crippen molar-refractivity contribution < 1.29 is 41.0 Å². The molecule has 10 heteroatoms. The number of aromatic nitrogens is 1. The Bertz CT molecular complexity index is 991. The molecule has 1 saturated heterocycles. The molecule has 1 aromatic heterocycles. The SMILES string of the molecule is C=Cc1nc(C(=O)Oc2c(F)c(F)c(F)c(F)c2F)cc(OCC2CO2)c1C=C. The van der Waals surface area contributed by atoms with E-state index < -0.39 is 46.5 Å². The second-order valence-electron chi connectivity index (χ2n) is 5.77. The normalized spacial score (nSPS) is 15.0. The van der Waals surface area contributed by atoms with Crippen molar-refractivity contribution in [3.63, 3.8) is 0 Å². The van der Waals surface area contributed by atoms with Gasteiger partial charge in [-0.25, -0.2) is 22.9 Å². The number of carbonyl (C=O) groups excluding carboxylic acids is 1. The van der Waals surface area contributed by atoms with E-state index in [1.165, 1.54) is 12.2 Å². The summed E-state index contributed by atoms with van der Waals surface area (Å²) in [6.45, 7) is 7.78. The monoisotopic (exact) mass is 413 g/mol. The second-order valence-corrected chi connectivity index (χ2v) is 5.77. The molecule has 2 aromatic rings. The lowest BCUT2D eigenvalue weighted by Gasteiger charge is -2.13. The molecule has 1 aliphatic heterocycles. The Labute approximate surface area is 161 Å². The molecular formula is C19H12F5NO4. The highest BCUT2D eigenvalue weighted by molar-refractivity contribution is 5.90. The third-order valence-electron chi connectivity index (χ3n) is 3.85. The van der Waals surface area contributed by atoms with Crippen LogP contribution in [0.25, 0.3) is 12.2 Å². The zero-order valence-corrected chi connectivity index (χ0v) is 14.6. The number of ether oxygens (including phenoxy) is 3. The molecule has 1 fully saturated rings. The molecule has 0 bridgehead atoms. The number of esters is 1. The summed E-state index contributed by atoms with van der Waals surface area (Å²) >= 11 is 0. The highest BCUT2D eigenvalue weighted by atomic mass is 19.2. The third-order valence-corrected chi connectivity index (χ3v) is 3.85. The van der Waals surface area contributed by atoms with Gasteiger partial charge in [0.15, 0.2) is 5.69 Å². The van der Waals surface area contributed by atoms with Crippen LogP contribution in [0.4, 0.5) is 22.0 Å². The predicted molar refractivity (Wildman–Crippen MR) is 90.8 cm³/mol. The average Bonchev–Trinajstić information content (AvgIpc) is 3.55. The van der Waals surface area contributed by atoms with Gasteiger partial charge in [0.25, 0.3) is 0 Å². The highest BCUT2D eigenvalue weighted by Gasteiger charge is 2.30. The summed E-state index contributed by atoms with van der Waals surface area (Å²) in [6, 6.07) is 1.08. The van der Waals surface area contributed by atoms with Crippen molar-refractivity contribution in [1.82, 2.24) is 4.98 Å². The first-order valence-electron chi connectivity index (χ1n) is 8.06. The van der Waals surface area contributed by atoms with Crippen molar-refractivity contribution in [3.05, 3.63) is 65.3 Å². The number of halogens is 5. The number of pyridine rings is 1. The Morgan fingerprint density at radius 1 is 1.10 bits per heavy atom. The number of epoxide rings is 1. The fourth-order valence-corrected chi connectivity index (χ4v) is 2.30. The minimum Gasteiger partial charge on any atom is -0.490 e. The average molecular weight is 413 g/mol. The standard InChI is InChI=1S/C19H12F5NO4/c1-3-9-10(4-2)25-11(5-12(9)28-7-8-6-27-8)19(26)29-18-16(23)14(21)13(20)15(22)17(18)24/h3-5,8H,1-2,6-7H2. The Morgan fingerprint density at radius 2 is 1.69 bits per heavy atom. The maximum atomic E-state index is 13.8. The van der Waals surface area contributed by atoms with Gasteiger partial charge in [-0.2, -0.15) is 8.78 Å². The van der Waals surface area contributed by atoms with Crippen molar-refractivity contribution in [2.75, 3.05) is 13.2 Å². The first-order chi connectivity index (χ1) is 13.8. The van der Waals surface area contributed by atoms with E-state index in [1.54, 1.807) is 0 Å². The topological polar surface area (TPSA) is 61.0 Å². The van der Waals surface area contributed by atoms with E-state index in [2.05, 4.69) is 22.9 Å². The van der Waals surface area contributed by atoms with Crippen molar-refractivity contribution in [2.45, 2.75) is 6.10 Å². The Morgan fingerprint density at radius 3 is 2.21 bits per heavy atom. The van der Waals surface area contributed by atoms with Gasteiger partial charge >= 0.3 is 5.97 Å². The van der Waals surface area contributed by atoms with Crippen molar-refractivity contribution in [1.29, 1.82) is 0 Å². The lowest BCUT2D eigenvalue weighted by atomic mass is 10.1. The quantitative estimate of drug-likeness (QED) is 0.171. The van der Waals surface area contributed by atoms with Crippen LogP contribution in [0.5, 0.6) is 11.5 Å². The van der Waals surface area contributed by atoms with Gasteiger partial charge < -0.3 is 14.2 Å². The van der Waals surface area contributed by atoms with Gasteiger partial charge in [0.2, 0.25) is 34.8 Å². The molecule has 3 rings (SSSR count). The Balaban J connectivity index is 1.98. The van der Waals surface area contributed by atoms with E-state index in [4.69, 9.17) is 9.47 Å². The molecule has 1 aliphatic rings. The van der Waals surface area contributed by atoms with E-state index in [0.29, 0.717) is 12.2 Å². The molecule has 2 heterocycles. The molecule has 0 amide bonds. The van der Waals surface area contributed by atoms with Gasteiger partial charge in [-0.1, -0.05) is 19.2 Å². The molecule has 1 aromatic carbocycles. The maximum Gasteiger partial charge on any atom is 0.362 e. The zero-order chi connectivity index (χ0) is 21.3.